The number of hydrogen-bond donors (Lipinski definition) is 1. The predicted molar refractivity (Wildman–Crippen MR) is 98.9 cm³/mol. The maximum absolute atomic E-state index is 11.8. The van der Waals surface area contributed by atoms with E-state index in [-0.39, 0.29) is 12.2 Å². The first-order chi connectivity index (χ1) is 11.5. The van der Waals surface area contributed by atoms with E-state index in [1.54, 1.807) is 0 Å². The lowest BCUT2D eigenvalue weighted by Gasteiger charge is -2.19. The van der Waals surface area contributed by atoms with Crippen LogP contribution >= 0.6 is 0 Å². The number of ether oxygens (including phenoxy) is 1. The zero-order chi connectivity index (χ0) is 17.5. The van der Waals surface area contributed by atoms with Crippen molar-refractivity contribution in [2.24, 2.45) is 5.92 Å². The third-order valence-corrected chi connectivity index (χ3v) is 4.30. The van der Waals surface area contributed by atoms with Gasteiger partial charge in [0.05, 0.1) is 0 Å². The summed E-state index contributed by atoms with van der Waals surface area (Å²) >= 11 is 0. The van der Waals surface area contributed by atoms with Gasteiger partial charge in [0.25, 0.3) is 0 Å². The van der Waals surface area contributed by atoms with E-state index in [1.165, 1.54) is 16.7 Å². The SMILES string of the molecule is CC=Cc1c(C)cccc1CN1CCC(OC(=O)NCC(C)C)C1. The Morgan fingerprint density at radius 3 is 2.96 bits per heavy atom. The van der Waals surface area contributed by atoms with E-state index in [0.717, 1.165) is 26.1 Å². The van der Waals surface area contributed by atoms with Gasteiger partial charge >= 0.3 is 6.09 Å². The molecule has 1 N–H and O–H groups in total. The van der Waals surface area contributed by atoms with Gasteiger partial charge in [0.15, 0.2) is 0 Å². The number of allylic oxidation sites excluding steroid dienone is 1. The zero-order valence-corrected chi connectivity index (χ0v) is 15.3. The van der Waals surface area contributed by atoms with Crippen LogP contribution in [0.3, 0.4) is 0 Å². The van der Waals surface area contributed by atoms with Crippen molar-refractivity contribution in [1.82, 2.24) is 10.2 Å². The van der Waals surface area contributed by atoms with E-state index in [0.29, 0.717) is 12.5 Å². The highest BCUT2D eigenvalue weighted by Crippen LogP contribution is 2.21. The predicted octanol–water partition coefficient (Wildman–Crippen LogP) is 3.98. The van der Waals surface area contributed by atoms with Crippen molar-refractivity contribution in [1.29, 1.82) is 0 Å². The van der Waals surface area contributed by atoms with Gasteiger partial charge in [0, 0.05) is 26.2 Å². The molecule has 0 radical (unpaired) electrons. The third kappa shape index (κ3) is 5.38. The van der Waals surface area contributed by atoms with Crippen LogP contribution in [0.4, 0.5) is 4.79 Å². The van der Waals surface area contributed by atoms with Crippen LogP contribution in [-0.2, 0) is 11.3 Å². The quantitative estimate of drug-likeness (QED) is 0.857. The lowest BCUT2D eigenvalue weighted by atomic mass is 10.0. The third-order valence-electron chi connectivity index (χ3n) is 4.30. The summed E-state index contributed by atoms with van der Waals surface area (Å²) in [5.41, 5.74) is 3.93. The molecule has 1 atom stereocenters. The number of rotatable bonds is 6. The standard InChI is InChI=1S/C20H30N2O2/c1-5-7-19-16(4)8-6-9-17(19)13-22-11-10-18(14-22)24-20(23)21-12-15(2)3/h5-9,15,18H,10-14H2,1-4H3,(H,21,23). The number of likely N-dealkylation sites (tertiary alicyclic amines) is 1. The van der Waals surface area contributed by atoms with Crippen molar-refractivity contribution in [2.45, 2.75) is 46.8 Å². The van der Waals surface area contributed by atoms with Crippen molar-refractivity contribution in [3.63, 3.8) is 0 Å². The molecule has 1 heterocycles. The molecule has 4 nitrogen and oxygen atoms in total. The lowest BCUT2D eigenvalue weighted by Crippen LogP contribution is -2.32. The molecule has 1 fully saturated rings. The number of carbonyl (C=O) groups is 1. The van der Waals surface area contributed by atoms with Gasteiger partial charge < -0.3 is 10.1 Å². The molecule has 1 aliphatic heterocycles. The van der Waals surface area contributed by atoms with E-state index >= 15 is 0 Å². The molecular weight excluding hydrogens is 300 g/mol. The minimum Gasteiger partial charge on any atom is -0.445 e. The van der Waals surface area contributed by atoms with Gasteiger partial charge in [-0.3, -0.25) is 4.90 Å². The van der Waals surface area contributed by atoms with E-state index in [2.05, 4.69) is 61.3 Å². The molecule has 4 heteroatoms. The van der Waals surface area contributed by atoms with Crippen LogP contribution < -0.4 is 5.32 Å². The van der Waals surface area contributed by atoms with Crippen molar-refractivity contribution in [2.75, 3.05) is 19.6 Å². The van der Waals surface area contributed by atoms with E-state index in [4.69, 9.17) is 4.74 Å². The molecule has 2 rings (SSSR count). The summed E-state index contributed by atoms with van der Waals surface area (Å²) in [6.07, 6.45) is 4.86. The molecule has 1 aromatic rings. The fourth-order valence-corrected chi connectivity index (χ4v) is 3.04. The number of nitrogens with zero attached hydrogens (tertiary/aromatic N) is 1. The Labute approximate surface area is 145 Å². The molecule has 1 amide bonds. The van der Waals surface area contributed by atoms with Crippen LogP contribution in [0.15, 0.2) is 24.3 Å². The molecule has 1 saturated heterocycles. The number of nitrogens with one attached hydrogen (secondary N) is 1. The van der Waals surface area contributed by atoms with Crippen molar-refractivity contribution < 1.29 is 9.53 Å². The summed E-state index contributed by atoms with van der Waals surface area (Å²) in [5, 5.41) is 2.82. The largest absolute Gasteiger partial charge is 0.445 e. The number of amides is 1. The smallest absolute Gasteiger partial charge is 0.407 e. The van der Waals surface area contributed by atoms with Gasteiger partial charge in [-0.2, -0.15) is 0 Å². The summed E-state index contributed by atoms with van der Waals surface area (Å²) < 4.78 is 5.53. The number of carbonyl (C=O) groups excluding carboxylic acids is 1. The highest BCUT2D eigenvalue weighted by molar-refractivity contribution is 5.67. The van der Waals surface area contributed by atoms with Gasteiger partial charge in [-0.25, -0.2) is 4.79 Å². The second-order valence-corrected chi connectivity index (χ2v) is 6.97. The molecule has 0 spiro atoms. The fraction of sp³-hybridized carbons (Fsp3) is 0.550. The van der Waals surface area contributed by atoms with Crippen LogP contribution in [-0.4, -0.2) is 36.7 Å². The molecule has 1 aliphatic rings. The Morgan fingerprint density at radius 1 is 1.46 bits per heavy atom. The highest BCUT2D eigenvalue weighted by Gasteiger charge is 2.26. The van der Waals surface area contributed by atoms with Crippen LogP contribution in [0.2, 0.25) is 0 Å². The first-order valence-corrected chi connectivity index (χ1v) is 8.87. The minimum absolute atomic E-state index is 0.00728. The Bertz CT molecular complexity index is 581. The normalized spacial score (nSPS) is 18.5. The number of benzene rings is 1. The van der Waals surface area contributed by atoms with Crippen LogP contribution in [0.25, 0.3) is 6.08 Å². The average Bonchev–Trinajstić information content (AvgIpc) is 2.96. The first kappa shape index (κ1) is 18.5. The van der Waals surface area contributed by atoms with E-state index in [9.17, 15) is 4.79 Å². The number of hydrogen-bond acceptors (Lipinski definition) is 3. The molecule has 0 saturated carbocycles. The Hall–Kier alpha value is -1.81. The average molecular weight is 330 g/mol. The summed E-state index contributed by atoms with van der Waals surface area (Å²) in [6, 6.07) is 6.45. The fourth-order valence-electron chi connectivity index (χ4n) is 3.04. The van der Waals surface area contributed by atoms with Gasteiger partial charge in [-0.15, -0.1) is 0 Å². The van der Waals surface area contributed by atoms with E-state index < -0.39 is 0 Å². The molecule has 0 aromatic heterocycles. The second-order valence-electron chi connectivity index (χ2n) is 6.97. The monoisotopic (exact) mass is 330 g/mol. The molecule has 1 aromatic carbocycles. The van der Waals surface area contributed by atoms with Crippen LogP contribution in [0.1, 0.15) is 43.9 Å². The molecule has 0 aliphatic carbocycles. The summed E-state index contributed by atoms with van der Waals surface area (Å²) in [4.78, 5) is 14.2. The summed E-state index contributed by atoms with van der Waals surface area (Å²) in [7, 11) is 0. The first-order valence-electron chi connectivity index (χ1n) is 8.87. The van der Waals surface area contributed by atoms with Crippen molar-refractivity contribution in [3.8, 4) is 0 Å². The van der Waals surface area contributed by atoms with Gasteiger partial charge in [0.1, 0.15) is 6.10 Å². The van der Waals surface area contributed by atoms with Crippen molar-refractivity contribution in [3.05, 3.63) is 41.0 Å². The topological polar surface area (TPSA) is 41.6 Å². The zero-order valence-electron chi connectivity index (χ0n) is 15.3. The molecule has 0 bridgehead atoms. The number of alkyl carbamates (subject to hydrolysis) is 1. The molecule has 24 heavy (non-hydrogen) atoms. The van der Waals surface area contributed by atoms with Crippen LogP contribution in [0.5, 0.6) is 0 Å². The van der Waals surface area contributed by atoms with Gasteiger partial charge in [-0.05, 0) is 42.9 Å². The second kappa shape index (κ2) is 8.88. The Kier molecular flexibility index (Phi) is 6.85. The molecular formula is C20H30N2O2. The highest BCUT2D eigenvalue weighted by atomic mass is 16.6. The minimum atomic E-state index is -0.291. The Balaban J connectivity index is 1.88. The van der Waals surface area contributed by atoms with E-state index in [1.807, 2.05) is 6.92 Å². The van der Waals surface area contributed by atoms with Gasteiger partial charge in [0.2, 0.25) is 0 Å². The Morgan fingerprint density at radius 2 is 2.25 bits per heavy atom. The summed E-state index contributed by atoms with van der Waals surface area (Å²) in [5.74, 6) is 0.434. The van der Waals surface area contributed by atoms with Crippen LogP contribution in [0, 0.1) is 12.8 Å². The maximum atomic E-state index is 11.8. The van der Waals surface area contributed by atoms with Gasteiger partial charge in [-0.1, -0.05) is 44.2 Å². The molecule has 1 unspecified atom stereocenters. The van der Waals surface area contributed by atoms with Crippen molar-refractivity contribution >= 4 is 12.2 Å². The maximum Gasteiger partial charge on any atom is 0.407 e. The molecule has 132 valence electrons. The lowest BCUT2D eigenvalue weighted by molar-refractivity contribution is 0.0992. The summed E-state index contributed by atoms with van der Waals surface area (Å²) in [6.45, 7) is 11.7. The number of aryl methyl sites for hydroxylation is 1.